The molecule has 85 heavy (non-hydrogen) atoms. The van der Waals surface area contributed by atoms with Crippen LogP contribution in [0.25, 0.3) is 0 Å². The number of methoxy groups -OCH3 is 1. The first kappa shape index (κ1) is 69.0. The van der Waals surface area contributed by atoms with E-state index in [0.29, 0.717) is 43.3 Å². The van der Waals surface area contributed by atoms with Crippen LogP contribution in [0, 0.1) is 23.7 Å². The zero-order chi connectivity index (χ0) is 62.5. The van der Waals surface area contributed by atoms with Crippen molar-refractivity contribution in [2.45, 2.75) is 278 Å². The second-order valence-corrected chi connectivity index (χ2v) is 26.4. The monoisotopic (exact) mass is 1220 g/mol. The highest BCUT2D eigenvalue weighted by Crippen LogP contribution is 2.48. The zero-order valence-electron chi connectivity index (χ0n) is 50.7. The normalized spacial score (nSPS) is 44.5. The molecule has 7 aliphatic heterocycles. The van der Waals surface area contributed by atoms with Crippen LogP contribution < -0.4 is 0 Å². The molecule has 0 radical (unpaired) electrons. The van der Waals surface area contributed by atoms with E-state index in [0.717, 1.165) is 0 Å². The molecule has 21 nitrogen and oxygen atoms in total. The Bertz CT molecular complexity index is 2430. The van der Waals surface area contributed by atoms with Crippen LogP contribution >= 0.6 is 11.6 Å². The van der Waals surface area contributed by atoms with Crippen LogP contribution in [0.1, 0.15) is 158 Å². The van der Waals surface area contributed by atoms with Gasteiger partial charge >= 0.3 is 17.9 Å². The number of aliphatic hydroxyl groups excluding tert-OH is 5. The Balaban J connectivity index is 1.22. The quantitative estimate of drug-likeness (QED) is 0.0611. The van der Waals surface area contributed by atoms with Crippen molar-refractivity contribution in [3.63, 3.8) is 0 Å². The van der Waals surface area contributed by atoms with Gasteiger partial charge < -0.3 is 83.1 Å². The third-order valence-corrected chi connectivity index (χ3v) is 18.4. The molecule has 0 aromatic rings. The molecule has 6 fully saturated rings. The molecule has 0 saturated carbocycles. The van der Waals surface area contributed by atoms with Crippen molar-refractivity contribution in [3.05, 3.63) is 60.2 Å². The molecule has 7 rings (SSSR count). The SMILES string of the molecule is C=C(Cl)/C=C/[C@@H](O)CC(=C)C[C@H]1O[C@@H]2[C@H](C)[C@@H](OC(=O)C[C@@H]3C[C@H](OC(C)=O)C[C@@]4(C[C@@](C)(O)C[C@H](CC(=C)[C@@H](C)[C@H](OC(C)=O)[C@H](C)C(=O)C[C@@H]5C[C@H](OC)CC6(C[C@@H](O)C[C@H](/C=C\CCC[C@H]7O[C@](O)(C[C@H](O)[C@H]7C)[C@H]2O)O6)O5)O4)O3)[C@@H]1O. The maximum absolute atomic E-state index is 14.5. The molecule has 24 atom stereocenters. The Kier molecular flexibility index (Phi) is 23.5. The van der Waals surface area contributed by atoms with Crippen LogP contribution in [0.4, 0.5) is 0 Å². The molecule has 0 aromatic carbocycles. The maximum Gasteiger partial charge on any atom is 0.308 e. The molecule has 2 spiro atoms. The summed E-state index contributed by atoms with van der Waals surface area (Å²) in [5.41, 5.74) is -0.508. The number of allylic oxidation sites excluding steroid dienone is 3. The summed E-state index contributed by atoms with van der Waals surface area (Å²) >= 11 is 5.89. The number of ketones is 1. The van der Waals surface area contributed by atoms with E-state index in [9.17, 15) is 54.9 Å². The Hall–Kier alpha value is -3.49. The van der Waals surface area contributed by atoms with Crippen molar-refractivity contribution in [2.24, 2.45) is 23.7 Å². The minimum Gasteiger partial charge on any atom is -0.462 e. The van der Waals surface area contributed by atoms with Gasteiger partial charge in [-0.2, -0.15) is 0 Å². The van der Waals surface area contributed by atoms with Crippen molar-refractivity contribution in [1.29, 1.82) is 0 Å². The van der Waals surface area contributed by atoms with Gasteiger partial charge in [0, 0.05) is 108 Å². The number of carbonyl (C=O) groups excluding carboxylic acids is 4. The van der Waals surface area contributed by atoms with Crippen LogP contribution in [0.2, 0.25) is 0 Å². The predicted molar refractivity (Wildman–Crippen MR) is 308 cm³/mol. The molecule has 480 valence electrons. The van der Waals surface area contributed by atoms with E-state index in [1.807, 2.05) is 12.2 Å². The van der Waals surface area contributed by atoms with Crippen LogP contribution in [-0.2, 0) is 66.5 Å². The van der Waals surface area contributed by atoms with E-state index in [4.69, 9.17) is 59.0 Å². The third-order valence-electron chi connectivity index (χ3n) is 18.3. The molecule has 0 amide bonds. The van der Waals surface area contributed by atoms with Gasteiger partial charge in [0.05, 0.1) is 85.1 Å². The lowest BCUT2D eigenvalue weighted by molar-refractivity contribution is -0.351. The average molecular weight is 1220 g/mol. The highest BCUT2D eigenvalue weighted by molar-refractivity contribution is 6.30. The van der Waals surface area contributed by atoms with Gasteiger partial charge in [-0.25, -0.2) is 0 Å². The number of hydrogen-bond donors (Lipinski definition) is 7. The Labute approximate surface area is 505 Å². The predicted octanol–water partition coefficient (Wildman–Crippen LogP) is 5.91. The van der Waals surface area contributed by atoms with Gasteiger partial charge in [0.1, 0.15) is 36.3 Å². The van der Waals surface area contributed by atoms with Crippen LogP contribution in [-0.4, -0.2) is 187 Å². The summed E-state index contributed by atoms with van der Waals surface area (Å²) < 4.78 is 63.4. The van der Waals surface area contributed by atoms with E-state index in [-0.39, 0.29) is 81.1 Å². The highest BCUT2D eigenvalue weighted by Gasteiger charge is 2.58. The molecule has 0 aliphatic carbocycles. The number of esters is 3. The molecule has 6 saturated heterocycles. The summed E-state index contributed by atoms with van der Waals surface area (Å²) in [5.74, 6) is -10.7. The smallest absolute Gasteiger partial charge is 0.308 e. The lowest BCUT2D eigenvalue weighted by Crippen LogP contribution is -2.65. The van der Waals surface area contributed by atoms with E-state index in [2.05, 4.69) is 19.7 Å². The molecule has 0 aromatic heterocycles. The largest absolute Gasteiger partial charge is 0.462 e. The van der Waals surface area contributed by atoms with Gasteiger partial charge in [0.2, 0.25) is 0 Å². The lowest BCUT2D eigenvalue weighted by atomic mass is 9.78. The molecular formula is C63H95ClO21. The number of carbonyl (C=O) groups is 4. The fourth-order valence-electron chi connectivity index (χ4n) is 14.1. The van der Waals surface area contributed by atoms with Crippen LogP contribution in [0.3, 0.4) is 0 Å². The van der Waals surface area contributed by atoms with E-state index in [1.165, 1.54) is 26.0 Å². The number of ether oxygens (including phenoxy) is 10. The number of Topliss-reactive ketones (excluding diaryl/α,β-unsaturated/α-hetero) is 1. The summed E-state index contributed by atoms with van der Waals surface area (Å²) in [6.45, 7) is 23.1. The molecule has 1 unspecified atom stereocenters. The number of rotatable bonds is 9. The highest BCUT2D eigenvalue weighted by atomic mass is 35.5. The lowest BCUT2D eigenvalue weighted by Gasteiger charge is -2.52. The van der Waals surface area contributed by atoms with Crippen molar-refractivity contribution >= 4 is 35.3 Å². The summed E-state index contributed by atoms with van der Waals surface area (Å²) in [6.07, 6.45) is -8.69. The standard InChI is InChI=1S/C63H95ClO21/c1-33(19-42(67)18-17-35(3)64)20-53-55(72)57-39(7)58(79-53)59(73)63(75)31-51(70)37(5)52(85-63)16-14-12-13-15-44-22-43(68)27-61(81-44)29-47(76-11)23-45(82-61)25-50(69)38(6)56(78-41(9)66)36(4)34(2)21-49-28-60(10,74)32-62(84-49)30-48(77-40(8)65)24-46(83-62)26-54(71)80-57/h13,15,17-18,36-39,42-49,51-53,55-59,67-68,70,72-75H,1-3,12,14,16,19-32H2,4-11H3/b15-13-,18-17+/t36-,37-,38-,39-,42-,43+,44+,45+,46+,47+,48+,49+,51+,52-,53-,55-,56+,57-,58-,59+,60+,61?,62-,63-/m1/s1. The molecule has 7 aliphatic rings. The van der Waals surface area contributed by atoms with Crippen LogP contribution in [0.15, 0.2) is 60.2 Å². The summed E-state index contributed by atoms with van der Waals surface area (Å²) in [7, 11) is 1.57. The summed E-state index contributed by atoms with van der Waals surface area (Å²) in [6, 6.07) is 0. The van der Waals surface area contributed by atoms with Crippen LogP contribution in [0.5, 0.6) is 0 Å². The van der Waals surface area contributed by atoms with Gasteiger partial charge in [0.25, 0.3) is 0 Å². The first-order valence-corrected chi connectivity index (χ1v) is 30.7. The third kappa shape index (κ3) is 18.1. The Morgan fingerprint density at radius 2 is 1.47 bits per heavy atom. The fraction of sp³-hybridized carbons (Fsp3) is 0.778. The van der Waals surface area contributed by atoms with Crippen molar-refractivity contribution in [1.82, 2.24) is 0 Å². The van der Waals surface area contributed by atoms with Gasteiger partial charge in [-0.15, -0.1) is 0 Å². The first-order valence-electron chi connectivity index (χ1n) is 30.3. The average Bonchev–Trinajstić information content (AvgIpc) is 1.35. The van der Waals surface area contributed by atoms with E-state index >= 15 is 0 Å². The fourth-order valence-corrected chi connectivity index (χ4v) is 14.2. The number of aliphatic hydroxyl groups is 7. The van der Waals surface area contributed by atoms with Gasteiger partial charge in [-0.3, -0.25) is 19.2 Å². The van der Waals surface area contributed by atoms with Gasteiger partial charge in [0.15, 0.2) is 17.4 Å². The van der Waals surface area contributed by atoms with Gasteiger partial charge in [-0.1, -0.05) is 88.4 Å². The van der Waals surface area contributed by atoms with Gasteiger partial charge in [-0.05, 0) is 51.5 Å². The maximum atomic E-state index is 14.5. The number of halogens is 1. The van der Waals surface area contributed by atoms with E-state index in [1.54, 1.807) is 41.7 Å². The number of hydrogen-bond acceptors (Lipinski definition) is 21. The zero-order valence-corrected chi connectivity index (χ0v) is 51.5. The minimum absolute atomic E-state index is 0.00321. The minimum atomic E-state index is -2.40. The van der Waals surface area contributed by atoms with E-state index < -0.39 is 169 Å². The number of fused-ring (bicyclic) bond motifs is 8. The first-order chi connectivity index (χ1) is 39.8. The van der Waals surface area contributed by atoms with Crippen molar-refractivity contribution in [2.75, 3.05) is 7.11 Å². The topological polar surface area (TPSA) is 302 Å². The summed E-state index contributed by atoms with van der Waals surface area (Å²) in [4.78, 5) is 54.3. The van der Waals surface area contributed by atoms with Crippen molar-refractivity contribution in [3.8, 4) is 0 Å². The second kappa shape index (κ2) is 29.0. The van der Waals surface area contributed by atoms with Crippen molar-refractivity contribution < 1.29 is 102 Å². The Morgan fingerprint density at radius 1 is 0.812 bits per heavy atom. The molecular weight excluding hydrogens is 1130 g/mol. The second-order valence-electron chi connectivity index (χ2n) is 25.9. The summed E-state index contributed by atoms with van der Waals surface area (Å²) in [5, 5.41) is 82.6. The molecule has 7 N–H and O–H groups in total. The molecule has 10 bridgehead atoms. The molecule has 7 heterocycles. The molecule has 22 heteroatoms. The Morgan fingerprint density at radius 3 is 2.15 bits per heavy atom.